The molecule has 0 amide bonds. The van der Waals surface area contributed by atoms with E-state index in [4.69, 9.17) is 9.84 Å². The number of H-pyrrole nitrogens is 2. The maximum atomic E-state index is 11.5. The molecule has 0 aliphatic heterocycles. The molecule has 2 aromatic heterocycles. The Morgan fingerprint density at radius 3 is 1.51 bits per heavy atom. The number of hydrogen-bond donors (Lipinski definition) is 3. The first-order valence-corrected chi connectivity index (χ1v) is 11.1. The Balaban J connectivity index is 0.000000351. The van der Waals surface area contributed by atoms with Gasteiger partial charge in [0, 0.05) is 22.5 Å². The molecule has 0 aliphatic carbocycles. The summed E-state index contributed by atoms with van der Waals surface area (Å²) in [5.41, 5.74) is 8.40. The van der Waals surface area contributed by atoms with Crippen molar-refractivity contribution < 1.29 is 54.5 Å². The number of rotatable bonds is 4. The first kappa shape index (κ1) is 31.8. The minimum absolute atomic E-state index is 0. The molecule has 0 saturated heterocycles. The minimum Gasteiger partial charge on any atom is -0.870 e. The molecule has 9 nitrogen and oxygen atoms in total. The van der Waals surface area contributed by atoms with Crippen molar-refractivity contribution in [2.75, 3.05) is 7.11 Å². The summed E-state index contributed by atoms with van der Waals surface area (Å²) in [6, 6.07) is 10.6. The van der Waals surface area contributed by atoms with Gasteiger partial charge in [-0.3, -0.25) is 0 Å². The first-order valence-electron chi connectivity index (χ1n) is 11.1. The van der Waals surface area contributed by atoms with E-state index in [1.54, 1.807) is 18.2 Å². The number of aromatic carboxylic acids is 1. The number of aryl methyl sites for hydroxylation is 6. The third kappa shape index (κ3) is 7.39. The molecule has 2 aromatic carbocycles. The molecule has 2 heterocycles. The van der Waals surface area contributed by atoms with E-state index < -0.39 is 5.97 Å². The molecule has 37 heavy (non-hydrogen) atoms. The molecule has 0 fully saturated rings. The van der Waals surface area contributed by atoms with Crippen LogP contribution in [0.4, 0.5) is 0 Å². The van der Waals surface area contributed by atoms with Gasteiger partial charge in [-0.15, -0.1) is 0 Å². The zero-order chi connectivity index (χ0) is 25.9. The summed E-state index contributed by atoms with van der Waals surface area (Å²) in [6.07, 6.45) is 0. The Kier molecular flexibility index (Phi) is 11.5. The molecule has 0 radical (unpaired) electrons. The number of carboxylic acids is 1. The molecule has 0 bridgehead atoms. The van der Waals surface area contributed by atoms with Gasteiger partial charge in [0.15, 0.2) is 0 Å². The number of nitrogens with zero attached hydrogens (tertiary/aromatic N) is 2. The fraction of sp³-hybridized carbons (Fsp3) is 0.259. The Labute approximate surface area is 238 Å². The van der Waals surface area contributed by atoms with Gasteiger partial charge in [0.2, 0.25) is 0 Å². The van der Waals surface area contributed by atoms with E-state index in [9.17, 15) is 9.59 Å². The molecule has 0 aliphatic rings. The van der Waals surface area contributed by atoms with Crippen LogP contribution in [0.25, 0.3) is 22.5 Å². The number of imidazole rings is 2. The number of carbonyl (C=O) groups is 2. The van der Waals surface area contributed by atoms with Gasteiger partial charge in [-0.25, -0.2) is 19.6 Å². The monoisotopic (exact) mass is 514 g/mol. The van der Waals surface area contributed by atoms with E-state index in [0.29, 0.717) is 5.56 Å². The van der Waals surface area contributed by atoms with E-state index >= 15 is 0 Å². The molecular formula is C27H31N4NaO5. The molecule has 4 aromatic rings. The number of methoxy groups -OCH3 is 1. The van der Waals surface area contributed by atoms with Gasteiger partial charge in [-0.2, -0.15) is 0 Å². The number of aromatic nitrogens is 4. The van der Waals surface area contributed by atoms with E-state index in [0.717, 1.165) is 56.7 Å². The molecule has 4 N–H and O–H groups in total. The van der Waals surface area contributed by atoms with Crippen LogP contribution in [-0.2, 0) is 4.74 Å². The van der Waals surface area contributed by atoms with Crippen molar-refractivity contribution in [1.82, 2.24) is 19.9 Å². The van der Waals surface area contributed by atoms with Crippen molar-refractivity contribution in [2.24, 2.45) is 0 Å². The van der Waals surface area contributed by atoms with Crippen molar-refractivity contribution in [3.05, 3.63) is 81.7 Å². The van der Waals surface area contributed by atoms with E-state index in [1.807, 2.05) is 59.7 Å². The number of nitrogens with one attached hydrogen (secondary N) is 2. The van der Waals surface area contributed by atoms with Gasteiger partial charge in [0.25, 0.3) is 0 Å². The van der Waals surface area contributed by atoms with Crippen LogP contribution in [0.5, 0.6) is 0 Å². The van der Waals surface area contributed by atoms with Crippen molar-refractivity contribution in [3.8, 4) is 22.5 Å². The first-order chi connectivity index (χ1) is 16.5. The van der Waals surface area contributed by atoms with Crippen LogP contribution in [0.2, 0.25) is 0 Å². The summed E-state index contributed by atoms with van der Waals surface area (Å²) < 4.78 is 4.74. The average Bonchev–Trinajstić information content (AvgIpc) is 3.33. The summed E-state index contributed by atoms with van der Waals surface area (Å²) in [5.74, 6) is 0.445. The van der Waals surface area contributed by atoms with E-state index in [2.05, 4.69) is 19.9 Å². The van der Waals surface area contributed by atoms with Gasteiger partial charge in [0.1, 0.15) is 11.6 Å². The average molecular weight is 515 g/mol. The Hall–Kier alpha value is -3.24. The summed E-state index contributed by atoms with van der Waals surface area (Å²) >= 11 is 0. The Bertz CT molecular complexity index is 1410. The van der Waals surface area contributed by atoms with E-state index in [1.165, 1.54) is 7.11 Å². The van der Waals surface area contributed by atoms with Gasteiger partial charge >= 0.3 is 41.5 Å². The summed E-state index contributed by atoms with van der Waals surface area (Å²) in [5, 5.41) is 8.99. The van der Waals surface area contributed by atoms with Crippen LogP contribution in [0.15, 0.2) is 36.4 Å². The van der Waals surface area contributed by atoms with Crippen LogP contribution in [-0.4, -0.2) is 49.6 Å². The van der Waals surface area contributed by atoms with Crippen molar-refractivity contribution in [1.29, 1.82) is 0 Å². The van der Waals surface area contributed by atoms with Gasteiger partial charge in [-0.1, -0.05) is 12.1 Å². The summed E-state index contributed by atoms with van der Waals surface area (Å²) in [4.78, 5) is 37.7. The van der Waals surface area contributed by atoms with Crippen LogP contribution < -0.4 is 29.6 Å². The Morgan fingerprint density at radius 1 is 0.757 bits per heavy atom. The third-order valence-corrected chi connectivity index (χ3v) is 5.66. The zero-order valence-electron chi connectivity index (χ0n) is 22.5. The normalized spacial score (nSPS) is 9.92. The zero-order valence-corrected chi connectivity index (χ0v) is 24.5. The molecule has 190 valence electrons. The fourth-order valence-corrected chi connectivity index (χ4v) is 3.88. The van der Waals surface area contributed by atoms with Crippen molar-refractivity contribution in [3.63, 3.8) is 0 Å². The van der Waals surface area contributed by atoms with Crippen LogP contribution in [0, 0.1) is 41.5 Å². The van der Waals surface area contributed by atoms with Crippen LogP contribution in [0.3, 0.4) is 0 Å². The van der Waals surface area contributed by atoms with Gasteiger partial charge in [-0.05, 0) is 76.9 Å². The minimum atomic E-state index is -0.920. The maximum Gasteiger partial charge on any atom is 1.00 e. The fourth-order valence-electron chi connectivity index (χ4n) is 3.88. The summed E-state index contributed by atoms with van der Waals surface area (Å²) in [6.45, 7) is 11.6. The molecule has 0 atom stereocenters. The van der Waals surface area contributed by atoms with Gasteiger partial charge < -0.3 is 25.3 Å². The predicted octanol–water partition coefficient (Wildman–Crippen LogP) is 2.32. The maximum absolute atomic E-state index is 11.5. The topological polar surface area (TPSA) is 151 Å². The molecule has 0 spiro atoms. The van der Waals surface area contributed by atoms with Crippen LogP contribution >= 0.6 is 0 Å². The molecule has 10 heteroatoms. The third-order valence-electron chi connectivity index (χ3n) is 5.66. The van der Waals surface area contributed by atoms with Gasteiger partial charge in [0.05, 0.1) is 29.6 Å². The standard InChI is InChI=1S/C14H16N2O2.C13H14N2O2.Na.H2O/c1-8-5-6-11(14(17)18-4)7-12(8)13-9(2)15-10(3)16-13;1-7-4-5-10(13(16)17)6-11(7)12-8(2)14-9(3)15-12;;/h5-7H,1-4H3,(H,15,16);4-6H,1-3H3,(H,14,15)(H,16,17);;1H2/q;;+1;/p-1. The second kappa shape index (κ2) is 13.3. The quantitative estimate of drug-likeness (QED) is 0.279. The second-order valence-corrected chi connectivity index (χ2v) is 8.45. The van der Waals surface area contributed by atoms with Crippen LogP contribution in [0.1, 0.15) is 54.9 Å². The molecule has 0 unspecified atom stereocenters. The van der Waals surface area contributed by atoms with Crippen molar-refractivity contribution in [2.45, 2.75) is 41.5 Å². The number of carboxylic acid groups (broad SMARTS) is 1. The largest absolute Gasteiger partial charge is 1.00 e. The number of ether oxygens (including phenoxy) is 1. The molecule has 0 saturated carbocycles. The Morgan fingerprint density at radius 2 is 1.16 bits per heavy atom. The molecule has 4 rings (SSSR count). The number of esters is 1. The molecular weight excluding hydrogens is 483 g/mol. The van der Waals surface area contributed by atoms with E-state index in [-0.39, 0.29) is 46.6 Å². The SMILES string of the molecule is COC(=O)c1ccc(C)c(-c2nc(C)[nH]c2C)c1.Cc1nc(-c2cc(C(=O)O)ccc2C)c(C)[nH]1.[Na+].[OH-]. The number of benzene rings is 2. The number of aromatic amines is 2. The predicted molar refractivity (Wildman–Crippen MR) is 137 cm³/mol. The number of hydrogen-bond acceptors (Lipinski definition) is 6. The smallest absolute Gasteiger partial charge is 0.870 e. The van der Waals surface area contributed by atoms with Crippen molar-refractivity contribution >= 4 is 11.9 Å². The summed E-state index contributed by atoms with van der Waals surface area (Å²) in [7, 11) is 1.38. The number of carbonyl (C=O) groups excluding carboxylic acids is 1. The second-order valence-electron chi connectivity index (χ2n) is 8.45.